The summed E-state index contributed by atoms with van der Waals surface area (Å²) in [6.45, 7) is 0.538. The average Bonchev–Trinajstić information content (AvgIpc) is 3.07. The summed E-state index contributed by atoms with van der Waals surface area (Å²) in [7, 11) is 0. The molecule has 0 saturated heterocycles. The number of benzene rings is 2. The van der Waals surface area contributed by atoms with E-state index in [1.54, 1.807) is 0 Å². The van der Waals surface area contributed by atoms with Gasteiger partial charge in [0.15, 0.2) is 10.8 Å². The third-order valence-electron chi connectivity index (χ3n) is 3.61. The highest BCUT2D eigenvalue weighted by Crippen LogP contribution is 2.24. The van der Waals surface area contributed by atoms with Gasteiger partial charge >= 0.3 is 0 Å². The van der Waals surface area contributed by atoms with E-state index in [0.717, 1.165) is 16.9 Å². The van der Waals surface area contributed by atoms with Crippen molar-refractivity contribution in [3.05, 3.63) is 71.6 Å². The fourth-order valence-electron chi connectivity index (χ4n) is 2.39. The maximum absolute atomic E-state index is 6.03. The molecule has 0 aliphatic heterocycles. The summed E-state index contributed by atoms with van der Waals surface area (Å²) in [4.78, 5) is 15.7. The molecule has 0 aliphatic rings. The summed E-state index contributed by atoms with van der Waals surface area (Å²) in [5.74, 6) is 1.50. The quantitative estimate of drug-likeness (QED) is 0.566. The Hall–Kier alpha value is -2.92. The molecule has 0 amide bonds. The van der Waals surface area contributed by atoms with E-state index in [9.17, 15) is 0 Å². The Kier molecular flexibility index (Phi) is 3.84. The van der Waals surface area contributed by atoms with Crippen LogP contribution in [0.1, 0.15) is 5.56 Å². The number of fused-ring (bicyclic) bond motifs is 1. The van der Waals surface area contributed by atoms with Crippen molar-refractivity contribution in [3.63, 3.8) is 0 Å². The van der Waals surface area contributed by atoms with Gasteiger partial charge in [-0.05, 0) is 29.8 Å². The van der Waals surface area contributed by atoms with Gasteiger partial charge in [0.1, 0.15) is 30.0 Å². The third kappa shape index (κ3) is 2.94. The Bertz CT molecular complexity index is 967. The minimum Gasteiger partial charge on any atom is -0.489 e. The zero-order chi connectivity index (χ0) is 16.4. The molecule has 6 heteroatoms. The SMILES string of the molecule is Clc1ncnc2[nH]c(-c3ccc(OCc4ccccc4)cc3)nc12. The number of aromatic amines is 1. The number of aromatic nitrogens is 4. The van der Waals surface area contributed by atoms with Gasteiger partial charge in [-0.1, -0.05) is 41.9 Å². The van der Waals surface area contributed by atoms with Crippen molar-refractivity contribution < 1.29 is 4.74 Å². The van der Waals surface area contributed by atoms with Crippen molar-refractivity contribution in [3.8, 4) is 17.1 Å². The Morgan fingerprint density at radius 3 is 2.50 bits per heavy atom. The van der Waals surface area contributed by atoms with Gasteiger partial charge in [0.2, 0.25) is 0 Å². The second kappa shape index (κ2) is 6.29. The van der Waals surface area contributed by atoms with Crippen LogP contribution in [-0.4, -0.2) is 19.9 Å². The minimum absolute atomic E-state index is 0.338. The van der Waals surface area contributed by atoms with E-state index in [1.165, 1.54) is 6.33 Å². The summed E-state index contributed by atoms with van der Waals surface area (Å²) < 4.78 is 5.79. The number of ether oxygens (including phenoxy) is 1. The molecule has 0 fully saturated rings. The summed E-state index contributed by atoms with van der Waals surface area (Å²) >= 11 is 6.03. The number of hydrogen-bond donors (Lipinski definition) is 1. The Morgan fingerprint density at radius 1 is 0.958 bits per heavy atom. The highest BCUT2D eigenvalue weighted by Gasteiger charge is 2.09. The molecule has 0 aliphatic carbocycles. The molecule has 1 N–H and O–H groups in total. The van der Waals surface area contributed by atoms with Gasteiger partial charge < -0.3 is 9.72 Å². The lowest BCUT2D eigenvalue weighted by Crippen LogP contribution is -1.94. The number of nitrogens with zero attached hydrogens (tertiary/aromatic N) is 3. The number of H-pyrrole nitrogens is 1. The fourth-order valence-corrected chi connectivity index (χ4v) is 2.56. The van der Waals surface area contributed by atoms with Crippen LogP contribution in [0.5, 0.6) is 5.75 Å². The van der Waals surface area contributed by atoms with Gasteiger partial charge in [0, 0.05) is 5.56 Å². The second-order valence-corrected chi connectivity index (χ2v) is 5.60. The van der Waals surface area contributed by atoms with E-state index in [1.807, 2.05) is 54.6 Å². The van der Waals surface area contributed by atoms with Crippen LogP contribution in [0.2, 0.25) is 5.15 Å². The van der Waals surface area contributed by atoms with Crippen LogP contribution < -0.4 is 4.74 Å². The first-order chi connectivity index (χ1) is 11.8. The van der Waals surface area contributed by atoms with Crippen LogP contribution in [0.4, 0.5) is 0 Å². The maximum Gasteiger partial charge on any atom is 0.162 e. The molecule has 0 spiro atoms. The van der Waals surface area contributed by atoms with E-state index in [-0.39, 0.29) is 0 Å². The zero-order valence-electron chi connectivity index (χ0n) is 12.6. The maximum atomic E-state index is 6.03. The number of imidazole rings is 1. The van der Waals surface area contributed by atoms with E-state index < -0.39 is 0 Å². The predicted molar refractivity (Wildman–Crippen MR) is 92.9 cm³/mol. The average molecular weight is 337 g/mol. The Morgan fingerprint density at radius 2 is 1.75 bits per heavy atom. The molecule has 0 atom stereocenters. The van der Waals surface area contributed by atoms with E-state index >= 15 is 0 Å². The van der Waals surface area contributed by atoms with Gasteiger partial charge in [-0.25, -0.2) is 15.0 Å². The Labute approximate surface area is 143 Å². The number of nitrogens with one attached hydrogen (secondary N) is 1. The third-order valence-corrected chi connectivity index (χ3v) is 3.89. The molecule has 118 valence electrons. The summed E-state index contributed by atoms with van der Waals surface area (Å²) in [5, 5.41) is 0.338. The first-order valence-electron chi connectivity index (χ1n) is 7.43. The van der Waals surface area contributed by atoms with Gasteiger partial charge in [-0.3, -0.25) is 0 Å². The van der Waals surface area contributed by atoms with Gasteiger partial charge in [-0.15, -0.1) is 0 Å². The van der Waals surface area contributed by atoms with Crippen molar-refractivity contribution in [2.45, 2.75) is 6.61 Å². The standard InChI is InChI=1S/C18H13ClN4O/c19-16-15-18(21-11-20-16)23-17(22-15)13-6-8-14(9-7-13)24-10-12-4-2-1-3-5-12/h1-9,11H,10H2,(H,20,21,22,23). The normalized spacial score (nSPS) is 10.9. The highest BCUT2D eigenvalue weighted by molar-refractivity contribution is 6.33. The molecule has 0 bridgehead atoms. The lowest BCUT2D eigenvalue weighted by Gasteiger charge is -2.06. The molecular formula is C18H13ClN4O. The van der Waals surface area contributed by atoms with Crippen molar-refractivity contribution in [1.82, 2.24) is 19.9 Å². The van der Waals surface area contributed by atoms with Crippen LogP contribution >= 0.6 is 11.6 Å². The monoisotopic (exact) mass is 336 g/mol. The largest absolute Gasteiger partial charge is 0.489 e. The number of halogens is 1. The molecule has 0 radical (unpaired) electrons. The summed E-state index contributed by atoms with van der Waals surface area (Å²) in [5.41, 5.74) is 3.25. The first-order valence-corrected chi connectivity index (χ1v) is 7.81. The van der Waals surface area contributed by atoms with E-state index in [4.69, 9.17) is 16.3 Å². The second-order valence-electron chi connectivity index (χ2n) is 5.25. The minimum atomic E-state index is 0.338. The van der Waals surface area contributed by atoms with Crippen molar-refractivity contribution in [2.75, 3.05) is 0 Å². The topological polar surface area (TPSA) is 63.7 Å². The van der Waals surface area contributed by atoms with E-state index in [2.05, 4.69) is 19.9 Å². The molecular weight excluding hydrogens is 324 g/mol. The van der Waals surface area contributed by atoms with Crippen LogP contribution in [-0.2, 0) is 6.61 Å². The molecule has 4 rings (SSSR count). The molecule has 2 aromatic heterocycles. The Balaban J connectivity index is 1.53. The van der Waals surface area contributed by atoms with Crippen LogP contribution in [0.15, 0.2) is 60.9 Å². The van der Waals surface area contributed by atoms with Crippen LogP contribution in [0.3, 0.4) is 0 Å². The smallest absolute Gasteiger partial charge is 0.162 e. The van der Waals surface area contributed by atoms with Crippen LogP contribution in [0, 0.1) is 0 Å². The molecule has 0 unspecified atom stereocenters. The van der Waals surface area contributed by atoms with Crippen LogP contribution in [0.25, 0.3) is 22.6 Å². The van der Waals surface area contributed by atoms with Crippen molar-refractivity contribution in [2.24, 2.45) is 0 Å². The van der Waals surface area contributed by atoms with Crippen molar-refractivity contribution >= 4 is 22.8 Å². The lowest BCUT2D eigenvalue weighted by molar-refractivity contribution is 0.306. The van der Waals surface area contributed by atoms with Gasteiger partial charge in [0.05, 0.1) is 0 Å². The molecule has 0 saturated carbocycles. The summed E-state index contributed by atoms with van der Waals surface area (Å²) in [6.07, 6.45) is 1.41. The van der Waals surface area contributed by atoms with E-state index in [0.29, 0.717) is 28.7 Å². The number of hydrogen-bond acceptors (Lipinski definition) is 4. The fraction of sp³-hybridized carbons (Fsp3) is 0.0556. The number of rotatable bonds is 4. The predicted octanol–water partition coefficient (Wildman–Crippen LogP) is 4.25. The highest BCUT2D eigenvalue weighted by atomic mass is 35.5. The van der Waals surface area contributed by atoms with Gasteiger partial charge in [-0.2, -0.15) is 0 Å². The summed E-state index contributed by atoms with van der Waals surface area (Å²) in [6, 6.07) is 17.8. The van der Waals surface area contributed by atoms with Gasteiger partial charge in [0.25, 0.3) is 0 Å². The molecule has 24 heavy (non-hydrogen) atoms. The molecule has 2 heterocycles. The molecule has 4 aromatic rings. The lowest BCUT2D eigenvalue weighted by atomic mass is 10.2. The zero-order valence-corrected chi connectivity index (χ0v) is 13.4. The molecule has 2 aromatic carbocycles. The first kappa shape index (κ1) is 14.7. The molecule has 5 nitrogen and oxygen atoms in total. The van der Waals surface area contributed by atoms with Crippen molar-refractivity contribution in [1.29, 1.82) is 0 Å².